The highest BCUT2D eigenvalue weighted by Crippen LogP contribution is 2.33. The predicted octanol–water partition coefficient (Wildman–Crippen LogP) is 6.01. The van der Waals surface area contributed by atoms with Crippen LogP contribution in [0.25, 0.3) is 0 Å². The smallest absolute Gasteiger partial charge is 0.315 e. The summed E-state index contributed by atoms with van der Waals surface area (Å²) in [5.41, 5.74) is 2.29. The van der Waals surface area contributed by atoms with Crippen molar-refractivity contribution in [2.45, 2.75) is 88.0 Å². The lowest BCUT2D eigenvalue weighted by atomic mass is 10.0. The molecule has 5 rings (SSSR count). The number of carbonyl (C=O) groups is 5. The van der Waals surface area contributed by atoms with Crippen molar-refractivity contribution < 1.29 is 38.2 Å². The van der Waals surface area contributed by atoms with Gasteiger partial charge in [-0.3, -0.25) is 19.2 Å². The summed E-state index contributed by atoms with van der Waals surface area (Å²) in [5.74, 6) is 1.88. The number of ether oxygens (including phenoxy) is 3. The Morgan fingerprint density at radius 1 is 0.718 bits per heavy atom. The van der Waals surface area contributed by atoms with Crippen molar-refractivity contribution in [3.8, 4) is 0 Å². The number of thioether (sulfide) groups is 1. The monoisotopic (exact) mass is 1070 g/mol. The Bertz CT molecular complexity index is 2140. The van der Waals surface area contributed by atoms with Gasteiger partial charge in [0.25, 0.3) is 0 Å². The second-order valence-electron chi connectivity index (χ2n) is 17.3. The molecule has 2 saturated heterocycles. The van der Waals surface area contributed by atoms with E-state index in [2.05, 4.69) is 73.3 Å². The van der Waals surface area contributed by atoms with Crippen molar-refractivity contribution in [1.29, 1.82) is 0 Å². The maximum absolute atomic E-state index is 12.6. The van der Waals surface area contributed by atoms with Gasteiger partial charge in [0.15, 0.2) is 0 Å². The van der Waals surface area contributed by atoms with E-state index in [1.54, 1.807) is 6.07 Å². The SMILES string of the molecule is CN(C/C=C/C(=O)Nc1cccc(Nc2cc(Nc3cccc(Br)c3)ncn2)c1)CCCCNC(=O)CCCC(=O)NCCCOCCOCCOCCCNC(=O)CCCC[C@@H]1SC[C@@H]2NC(=O)N[C@@H]21. The van der Waals surface area contributed by atoms with Crippen molar-refractivity contribution in [3.63, 3.8) is 0 Å². The first kappa shape index (κ1) is 56.6. The lowest BCUT2D eigenvalue weighted by Gasteiger charge is -2.16. The number of nitrogens with zero attached hydrogens (tertiary/aromatic N) is 3. The number of benzene rings is 2. The van der Waals surface area contributed by atoms with Gasteiger partial charge in [-0.15, -0.1) is 0 Å². The van der Waals surface area contributed by atoms with Crippen LogP contribution in [0.4, 0.5) is 33.5 Å². The highest BCUT2D eigenvalue weighted by Gasteiger charge is 2.42. The summed E-state index contributed by atoms with van der Waals surface area (Å²) in [6.07, 6.45) is 12.4. The maximum atomic E-state index is 12.6. The summed E-state index contributed by atoms with van der Waals surface area (Å²) in [6, 6.07) is 17.4. The van der Waals surface area contributed by atoms with Crippen LogP contribution in [-0.4, -0.2) is 147 Å². The number of likely N-dealkylation sites (N-methyl/N-ethyl adjacent to an activating group) is 1. The van der Waals surface area contributed by atoms with E-state index >= 15 is 0 Å². The molecule has 2 aliphatic rings. The number of amides is 6. The van der Waals surface area contributed by atoms with Crippen LogP contribution in [0.5, 0.6) is 0 Å². The first-order valence-corrected chi connectivity index (χ1v) is 26.5. The number of urea groups is 1. The first-order chi connectivity index (χ1) is 34.6. The molecular weight excluding hydrogens is 995 g/mol. The third-order valence-electron chi connectivity index (χ3n) is 11.3. The van der Waals surface area contributed by atoms with Crippen LogP contribution in [0.1, 0.15) is 70.6 Å². The lowest BCUT2D eigenvalue weighted by Crippen LogP contribution is -2.36. The van der Waals surface area contributed by atoms with Gasteiger partial charge in [0.1, 0.15) is 18.0 Å². The molecule has 2 fully saturated rings. The molecule has 71 heavy (non-hydrogen) atoms. The van der Waals surface area contributed by atoms with E-state index in [9.17, 15) is 24.0 Å². The molecule has 0 bridgehead atoms. The maximum Gasteiger partial charge on any atom is 0.315 e. The normalized spacial score (nSPS) is 16.0. The van der Waals surface area contributed by atoms with E-state index in [1.165, 1.54) is 12.4 Å². The van der Waals surface area contributed by atoms with Gasteiger partial charge in [0.2, 0.25) is 23.6 Å². The van der Waals surface area contributed by atoms with E-state index in [1.807, 2.05) is 73.4 Å². The van der Waals surface area contributed by atoms with Gasteiger partial charge >= 0.3 is 6.03 Å². The van der Waals surface area contributed by atoms with Gasteiger partial charge in [0, 0.05) is 103 Å². The molecular formula is C50H72BrN11O8S. The van der Waals surface area contributed by atoms with E-state index in [4.69, 9.17) is 14.2 Å². The summed E-state index contributed by atoms with van der Waals surface area (Å²) < 4.78 is 17.7. The molecule has 21 heteroatoms. The van der Waals surface area contributed by atoms with Crippen molar-refractivity contribution in [1.82, 2.24) is 41.5 Å². The Labute approximate surface area is 430 Å². The average molecular weight is 1070 g/mol. The fourth-order valence-electron chi connectivity index (χ4n) is 7.67. The number of halogens is 1. The van der Waals surface area contributed by atoms with Crippen LogP contribution in [-0.2, 0) is 33.4 Å². The minimum Gasteiger partial charge on any atom is -0.379 e. The van der Waals surface area contributed by atoms with Crippen molar-refractivity contribution in [3.05, 3.63) is 77.5 Å². The van der Waals surface area contributed by atoms with Crippen LogP contribution in [0.3, 0.4) is 0 Å². The highest BCUT2D eigenvalue weighted by atomic mass is 79.9. The Morgan fingerprint density at radius 3 is 1.97 bits per heavy atom. The quantitative estimate of drug-likeness (QED) is 0.0189. The molecule has 6 amide bonds. The van der Waals surface area contributed by atoms with Gasteiger partial charge in [-0.2, -0.15) is 11.8 Å². The summed E-state index contributed by atoms with van der Waals surface area (Å²) in [6.45, 7) is 5.97. The number of fused-ring (bicyclic) bond motifs is 1. The second-order valence-corrected chi connectivity index (χ2v) is 19.5. The van der Waals surface area contributed by atoms with Crippen LogP contribution in [0.15, 0.2) is 77.5 Å². The number of aromatic nitrogens is 2. The van der Waals surface area contributed by atoms with E-state index in [-0.39, 0.29) is 41.7 Å². The molecule has 8 N–H and O–H groups in total. The van der Waals surface area contributed by atoms with Crippen molar-refractivity contribution in [2.24, 2.45) is 0 Å². The van der Waals surface area contributed by atoms with Crippen LogP contribution in [0.2, 0.25) is 0 Å². The van der Waals surface area contributed by atoms with Gasteiger partial charge in [-0.05, 0) is 94.9 Å². The molecule has 0 radical (unpaired) electrons. The molecule has 0 saturated carbocycles. The molecule has 2 aromatic carbocycles. The van der Waals surface area contributed by atoms with Crippen molar-refractivity contribution >= 4 is 86.0 Å². The molecule has 2 aliphatic heterocycles. The number of nitrogens with one attached hydrogen (secondary N) is 8. The minimum atomic E-state index is -0.231. The Morgan fingerprint density at radius 2 is 1.31 bits per heavy atom. The molecule has 1 aromatic heterocycles. The molecule has 3 atom stereocenters. The average Bonchev–Trinajstić information content (AvgIpc) is 3.90. The molecule has 3 heterocycles. The summed E-state index contributed by atoms with van der Waals surface area (Å²) in [4.78, 5) is 71.5. The standard InChI is InChI=1S/C50H72BrN11O8S/c1-62(25-9-20-48(66)59-40-15-7-14-39(33-40)58-44-34-43(55-36-56-44)57-38-13-6-12-37(51)32-38)24-5-4-21-52-46(64)18-8-19-47(65)54-23-11-27-69-29-31-70-30-28-68-26-10-22-53-45(63)17-3-2-16-42-49-41(35-71-42)60-50(67)61-49/h6-7,9,12-15,20,32-34,36,41-42,49H,2-5,8,10-11,16-19,21-31,35H2,1H3,(H,52,64)(H,53,63)(H,54,65)(H,59,66)(H2,60,61,67)(H2,55,56,57,58)/b20-9+/t41-,42-,49-/m0/s1. The van der Waals surface area contributed by atoms with E-state index in [0.717, 1.165) is 66.7 Å². The number of hydrogen-bond acceptors (Lipinski definition) is 14. The zero-order valence-electron chi connectivity index (χ0n) is 40.8. The predicted molar refractivity (Wildman–Crippen MR) is 282 cm³/mol. The fraction of sp³-hybridized carbons (Fsp3) is 0.540. The molecule has 3 aromatic rings. The third kappa shape index (κ3) is 24.1. The second kappa shape index (κ2) is 33.4. The van der Waals surface area contributed by atoms with Crippen LogP contribution in [0, 0.1) is 0 Å². The lowest BCUT2D eigenvalue weighted by molar-refractivity contribution is -0.123. The van der Waals surface area contributed by atoms with Crippen LogP contribution >= 0.6 is 27.7 Å². The molecule has 0 aliphatic carbocycles. The molecule has 0 spiro atoms. The van der Waals surface area contributed by atoms with Crippen LogP contribution < -0.4 is 42.5 Å². The summed E-state index contributed by atoms with van der Waals surface area (Å²) in [7, 11) is 1.98. The Hall–Kier alpha value is -5.32. The molecule has 19 nitrogen and oxygen atoms in total. The zero-order chi connectivity index (χ0) is 50.3. The van der Waals surface area contributed by atoms with E-state index < -0.39 is 0 Å². The first-order valence-electron chi connectivity index (χ1n) is 24.7. The highest BCUT2D eigenvalue weighted by molar-refractivity contribution is 9.10. The minimum absolute atomic E-state index is 0.0616. The number of carbonyl (C=O) groups excluding carboxylic acids is 5. The summed E-state index contributed by atoms with van der Waals surface area (Å²) >= 11 is 5.37. The third-order valence-corrected chi connectivity index (χ3v) is 13.4. The van der Waals surface area contributed by atoms with Gasteiger partial charge in [-0.25, -0.2) is 14.8 Å². The number of hydrogen-bond donors (Lipinski definition) is 8. The van der Waals surface area contributed by atoms with Gasteiger partial charge in [-0.1, -0.05) is 40.6 Å². The van der Waals surface area contributed by atoms with Crippen molar-refractivity contribution in [2.75, 3.05) is 101 Å². The fourth-order valence-corrected chi connectivity index (χ4v) is 9.62. The van der Waals surface area contributed by atoms with Gasteiger partial charge in [0.05, 0.1) is 38.5 Å². The van der Waals surface area contributed by atoms with Gasteiger partial charge < -0.3 is 61.6 Å². The number of anilines is 5. The largest absolute Gasteiger partial charge is 0.379 e. The Balaban J connectivity index is 0.747. The Kier molecular flexibility index (Phi) is 26.6. The van der Waals surface area contributed by atoms with E-state index in [0.29, 0.717) is 120 Å². The zero-order valence-corrected chi connectivity index (χ0v) is 43.2. The number of unbranched alkanes of at least 4 members (excludes halogenated alkanes) is 2. The number of rotatable bonds is 36. The molecule has 0 unspecified atom stereocenters. The topological polar surface area (TPSA) is 238 Å². The summed E-state index contributed by atoms with van der Waals surface area (Å²) in [5, 5.41) is 24.6. The molecule has 388 valence electrons.